The van der Waals surface area contributed by atoms with Crippen LogP contribution < -0.4 is 15.4 Å². The molecule has 234 valence electrons. The van der Waals surface area contributed by atoms with Crippen LogP contribution in [0.25, 0.3) is 16.9 Å². The van der Waals surface area contributed by atoms with Gasteiger partial charge in [-0.2, -0.15) is 0 Å². The van der Waals surface area contributed by atoms with E-state index in [1.54, 1.807) is 46.6 Å². The van der Waals surface area contributed by atoms with Crippen molar-refractivity contribution in [1.82, 2.24) is 29.5 Å². The zero-order chi connectivity index (χ0) is 31.7. The zero-order valence-electron chi connectivity index (χ0n) is 25.0. The standard InChI is InChI=1S/C32H34FN7O5/c1-19-15-22(37-28-29-36-17-26(40(29)14-10-35-28)21-3-6-27(45-2)24(33)16-21)4-5-23(19)31(42)38-11-7-20(8-12-38)30(41)39-13-9-34-25(18-39)32(43)44/h3-6,10,14-17,20,25,34H,7-9,11-13,18H2,1-2H3,(H,35,37)(H,43,44)/t25-/m1/s1. The molecule has 0 unspecified atom stereocenters. The number of carboxylic acid groups (broad SMARTS) is 1. The molecule has 12 nitrogen and oxygen atoms in total. The number of fused-ring (bicyclic) bond motifs is 1. The summed E-state index contributed by atoms with van der Waals surface area (Å²) in [6, 6.07) is 9.45. The molecule has 45 heavy (non-hydrogen) atoms. The second-order valence-electron chi connectivity index (χ2n) is 11.3. The average Bonchev–Trinajstić information content (AvgIpc) is 3.49. The van der Waals surface area contributed by atoms with Crippen LogP contribution in [-0.4, -0.2) is 92.9 Å². The quantitative estimate of drug-likeness (QED) is 0.286. The molecule has 3 N–H and O–H groups in total. The maximum absolute atomic E-state index is 14.4. The van der Waals surface area contributed by atoms with E-state index in [0.717, 1.165) is 11.3 Å². The number of aromatic nitrogens is 3. The van der Waals surface area contributed by atoms with E-state index < -0.39 is 17.8 Å². The number of hydrogen-bond acceptors (Lipinski definition) is 8. The topological polar surface area (TPSA) is 141 Å². The van der Waals surface area contributed by atoms with Gasteiger partial charge in [-0.05, 0) is 61.7 Å². The number of carbonyl (C=O) groups is 3. The maximum Gasteiger partial charge on any atom is 0.322 e. The van der Waals surface area contributed by atoms with E-state index in [0.29, 0.717) is 67.3 Å². The second-order valence-corrected chi connectivity index (χ2v) is 11.3. The molecule has 4 heterocycles. The van der Waals surface area contributed by atoms with Crippen molar-refractivity contribution in [3.05, 3.63) is 71.9 Å². The molecule has 0 saturated carbocycles. The van der Waals surface area contributed by atoms with E-state index in [-0.39, 0.29) is 30.0 Å². The highest BCUT2D eigenvalue weighted by Crippen LogP contribution is 2.29. The minimum Gasteiger partial charge on any atom is -0.494 e. The van der Waals surface area contributed by atoms with Gasteiger partial charge in [-0.1, -0.05) is 0 Å². The Hall–Kier alpha value is -5.04. The Bertz CT molecular complexity index is 1770. The SMILES string of the molecule is COc1ccc(-c2cnc3c(Nc4ccc(C(=O)N5CCC(C(=O)N6CCN[C@@H](C(=O)O)C6)CC5)c(C)c4)nccn23)cc1F. The van der Waals surface area contributed by atoms with Crippen LogP contribution in [0.4, 0.5) is 15.9 Å². The molecule has 4 aromatic rings. The van der Waals surface area contributed by atoms with Crippen LogP contribution in [-0.2, 0) is 9.59 Å². The Labute approximate surface area is 258 Å². The van der Waals surface area contributed by atoms with Gasteiger partial charge < -0.3 is 30.3 Å². The number of aliphatic carboxylic acids is 1. The first-order valence-electron chi connectivity index (χ1n) is 14.8. The number of piperazine rings is 1. The largest absolute Gasteiger partial charge is 0.494 e. The van der Waals surface area contributed by atoms with Gasteiger partial charge in [0, 0.05) is 67.8 Å². The number of nitrogens with zero attached hydrogens (tertiary/aromatic N) is 5. The van der Waals surface area contributed by atoms with Crippen LogP contribution in [0, 0.1) is 18.7 Å². The number of nitrogens with one attached hydrogen (secondary N) is 2. The normalized spacial score (nSPS) is 17.4. The average molecular weight is 616 g/mol. The van der Waals surface area contributed by atoms with Crippen molar-refractivity contribution >= 4 is 34.9 Å². The number of piperidine rings is 1. The molecule has 2 fully saturated rings. The monoisotopic (exact) mass is 615 g/mol. The lowest BCUT2D eigenvalue weighted by Gasteiger charge is -2.37. The van der Waals surface area contributed by atoms with Gasteiger partial charge in [0.1, 0.15) is 6.04 Å². The third-order valence-corrected chi connectivity index (χ3v) is 8.51. The van der Waals surface area contributed by atoms with Crippen LogP contribution in [0.5, 0.6) is 5.75 Å². The molecule has 13 heteroatoms. The first kappa shape index (κ1) is 30.0. The number of aryl methyl sites for hydroxylation is 1. The molecule has 0 radical (unpaired) electrons. The fraction of sp³-hybridized carbons (Fsp3) is 0.344. The van der Waals surface area contributed by atoms with Gasteiger partial charge in [-0.15, -0.1) is 0 Å². The summed E-state index contributed by atoms with van der Waals surface area (Å²) in [7, 11) is 1.42. The second kappa shape index (κ2) is 12.5. The molecule has 2 aliphatic heterocycles. The minimum atomic E-state index is -0.962. The number of amides is 2. The highest BCUT2D eigenvalue weighted by Gasteiger charge is 2.34. The summed E-state index contributed by atoms with van der Waals surface area (Å²) >= 11 is 0. The van der Waals surface area contributed by atoms with Gasteiger partial charge in [-0.25, -0.2) is 14.4 Å². The lowest BCUT2D eigenvalue weighted by Crippen LogP contribution is -2.57. The number of carboxylic acids is 1. The van der Waals surface area contributed by atoms with Gasteiger partial charge in [0.25, 0.3) is 5.91 Å². The van der Waals surface area contributed by atoms with Crippen molar-refractivity contribution in [3.8, 4) is 17.0 Å². The number of methoxy groups -OCH3 is 1. The summed E-state index contributed by atoms with van der Waals surface area (Å²) < 4.78 is 21.2. The van der Waals surface area contributed by atoms with E-state index in [1.165, 1.54) is 13.2 Å². The summed E-state index contributed by atoms with van der Waals surface area (Å²) in [4.78, 5) is 50.2. The van der Waals surface area contributed by atoms with Gasteiger partial charge in [0.2, 0.25) is 5.91 Å². The zero-order valence-corrected chi connectivity index (χ0v) is 25.0. The van der Waals surface area contributed by atoms with Crippen molar-refractivity contribution in [1.29, 1.82) is 0 Å². The molecule has 1 atom stereocenters. The predicted molar refractivity (Wildman–Crippen MR) is 164 cm³/mol. The van der Waals surface area contributed by atoms with Crippen molar-refractivity contribution in [3.63, 3.8) is 0 Å². The number of rotatable bonds is 7. The van der Waals surface area contributed by atoms with E-state index in [2.05, 4.69) is 20.6 Å². The Morgan fingerprint density at radius 3 is 2.58 bits per heavy atom. The molecule has 2 aromatic carbocycles. The summed E-state index contributed by atoms with van der Waals surface area (Å²) in [5.41, 5.74) is 3.97. The van der Waals surface area contributed by atoms with E-state index in [4.69, 9.17) is 4.74 Å². The highest BCUT2D eigenvalue weighted by molar-refractivity contribution is 5.96. The van der Waals surface area contributed by atoms with Crippen molar-refractivity contribution in [2.75, 3.05) is 45.2 Å². The lowest BCUT2D eigenvalue weighted by atomic mass is 9.94. The number of carbonyl (C=O) groups excluding carboxylic acids is 2. The van der Waals surface area contributed by atoms with Crippen molar-refractivity contribution < 1.29 is 28.6 Å². The van der Waals surface area contributed by atoms with Gasteiger partial charge in [-0.3, -0.25) is 18.8 Å². The van der Waals surface area contributed by atoms with Crippen molar-refractivity contribution in [2.24, 2.45) is 5.92 Å². The number of halogens is 1. The summed E-state index contributed by atoms with van der Waals surface area (Å²) in [6.45, 7) is 3.86. The molecule has 6 rings (SSSR count). The number of ether oxygens (including phenoxy) is 1. The number of anilines is 2. The fourth-order valence-corrected chi connectivity index (χ4v) is 6.04. The molecule has 0 bridgehead atoms. The molecule has 0 spiro atoms. The Kier molecular flexibility index (Phi) is 8.35. The van der Waals surface area contributed by atoms with Gasteiger partial charge in [0.15, 0.2) is 23.0 Å². The number of likely N-dealkylation sites (tertiary alicyclic amines) is 1. The number of imidazole rings is 1. The third-order valence-electron chi connectivity index (χ3n) is 8.51. The minimum absolute atomic E-state index is 0.0363. The fourth-order valence-electron chi connectivity index (χ4n) is 6.04. The van der Waals surface area contributed by atoms with E-state index >= 15 is 0 Å². The van der Waals surface area contributed by atoms with Gasteiger partial charge >= 0.3 is 5.97 Å². The smallest absolute Gasteiger partial charge is 0.322 e. The van der Waals surface area contributed by atoms with Gasteiger partial charge in [0.05, 0.1) is 19.0 Å². The third kappa shape index (κ3) is 6.03. The summed E-state index contributed by atoms with van der Waals surface area (Å²) in [5.74, 6) is -1.12. The van der Waals surface area contributed by atoms with Crippen LogP contribution in [0.1, 0.15) is 28.8 Å². The molecule has 2 aliphatic rings. The Morgan fingerprint density at radius 2 is 1.87 bits per heavy atom. The number of benzene rings is 2. The van der Waals surface area contributed by atoms with E-state index in [1.807, 2.05) is 23.5 Å². The van der Waals surface area contributed by atoms with Crippen molar-refractivity contribution in [2.45, 2.75) is 25.8 Å². The maximum atomic E-state index is 14.4. The molecule has 2 saturated heterocycles. The highest BCUT2D eigenvalue weighted by atomic mass is 19.1. The Balaban J connectivity index is 1.11. The molecule has 2 aromatic heterocycles. The van der Waals surface area contributed by atoms with Crippen LogP contribution in [0.15, 0.2) is 55.0 Å². The first-order valence-corrected chi connectivity index (χ1v) is 14.8. The Morgan fingerprint density at radius 1 is 1.07 bits per heavy atom. The summed E-state index contributed by atoms with van der Waals surface area (Å²) in [5, 5.41) is 15.5. The molecular formula is C32H34FN7O5. The molecule has 0 aliphatic carbocycles. The van der Waals surface area contributed by atoms with Crippen LogP contribution in [0.2, 0.25) is 0 Å². The van der Waals surface area contributed by atoms with E-state index in [9.17, 15) is 23.9 Å². The molecule has 2 amide bonds. The molecular weight excluding hydrogens is 581 g/mol. The lowest BCUT2D eigenvalue weighted by molar-refractivity contribution is -0.144. The first-order chi connectivity index (χ1) is 21.7. The van der Waals surface area contributed by atoms with Crippen LogP contribution in [0.3, 0.4) is 0 Å². The van der Waals surface area contributed by atoms with Crippen LogP contribution >= 0.6 is 0 Å². The predicted octanol–water partition coefficient (Wildman–Crippen LogP) is 3.33. The summed E-state index contributed by atoms with van der Waals surface area (Å²) in [6.07, 6.45) is 6.12. The number of hydrogen-bond donors (Lipinski definition) is 3.